The number of nitrogens with zero attached hydrogens (tertiary/aromatic N) is 4. The molecule has 0 aliphatic rings. The van der Waals surface area contributed by atoms with Gasteiger partial charge in [-0.1, -0.05) is 0 Å². The molecule has 0 saturated heterocycles. The van der Waals surface area contributed by atoms with Crippen molar-refractivity contribution >= 4 is 0 Å². The Labute approximate surface area is 172 Å². The number of unbranched alkanes of at least 4 members (excludes halogenated alkanes) is 2. The van der Waals surface area contributed by atoms with Gasteiger partial charge in [-0.3, -0.25) is 9.97 Å². The average Bonchev–Trinajstić information content (AvgIpc) is 2.81. The van der Waals surface area contributed by atoms with E-state index in [1.807, 2.05) is 49.1 Å². The number of hydrogen-bond acceptors (Lipinski definition) is 2. The zero-order chi connectivity index (χ0) is 19.7. The Morgan fingerprint density at radius 3 is 1.17 bits per heavy atom. The number of rotatable bonds is 8. The number of aryl methyl sites for hydroxylation is 2. The summed E-state index contributed by atoms with van der Waals surface area (Å²) in [6, 6.07) is 16.9. The highest BCUT2D eigenvalue weighted by Gasteiger charge is 2.05. The van der Waals surface area contributed by atoms with Crippen LogP contribution in [0.25, 0.3) is 22.3 Å². The van der Waals surface area contributed by atoms with Gasteiger partial charge < -0.3 is 0 Å². The highest BCUT2D eigenvalue weighted by molar-refractivity contribution is 5.61. The molecule has 4 aromatic heterocycles. The van der Waals surface area contributed by atoms with Crippen molar-refractivity contribution in [2.24, 2.45) is 0 Å². The highest BCUT2D eigenvalue weighted by Crippen LogP contribution is 2.16. The molecule has 0 bridgehead atoms. The van der Waals surface area contributed by atoms with Crippen molar-refractivity contribution in [3.05, 3.63) is 98.1 Å². The van der Waals surface area contributed by atoms with Crippen LogP contribution in [0.15, 0.2) is 98.1 Å². The summed E-state index contributed by atoms with van der Waals surface area (Å²) in [7, 11) is 0. The van der Waals surface area contributed by atoms with E-state index in [0.29, 0.717) is 0 Å². The Kier molecular flexibility index (Phi) is 6.33. The Morgan fingerprint density at radius 2 is 0.793 bits per heavy atom. The molecule has 0 atom stereocenters. The fourth-order valence-corrected chi connectivity index (χ4v) is 3.45. The molecule has 0 spiro atoms. The Balaban J connectivity index is 1.20. The van der Waals surface area contributed by atoms with Crippen LogP contribution in [0.2, 0.25) is 0 Å². The minimum Gasteiger partial charge on any atom is -0.265 e. The van der Waals surface area contributed by atoms with Crippen molar-refractivity contribution in [1.82, 2.24) is 9.97 Å². The van der Waals surface area contributed by atoms with Crippen LogP contribution < -0.4 is 9.13 Å². The molecular formula is C25H26N4+2. The molecule has 4 aromatic rings. The lowest BCUT2D eigenvalue weighted by Gasteiger charge is -2.02. The first-order valence-electron chi connectivity index (χ1n) is 10.2. The summed E-state index contributed by atoms with van der Waals surface area (Å²) in [4.78, 5) is 8.15. The van der Waals surface area contributed by atoms with Crippen LogP contribution in [0.4, 0.5) is 0 Å². The molecule has 0 saturated carbocycles. The van der Waals surface area contributed by atoms with Gasteiger partial charge in [-0.05, 0) is 52.9 Å². The van der Waals surface area contributed by atoms with Crippen LogP contribution in [-0.4, -0.2) is 9.97 Å². The molecule has 0 N–H and O–H groups in total. The van der Waals surface area contributed by atoms with Crippen LogP contribution >= 0.6 is 0 Å². The third-order valence-electron chi connectivity index (χ3n) is 5.14. The van der Waals surface area contributed by atoms with E-state index in [1.54, 1.807) is 0 Å². The lowest BCUT2D eigenvalue weighted by Crippen LogP contribution is -2.34. The van der Waals surface area contributed by atoms with E-state index in [-0.39, 0.29) is 0 Å². The molecule has 0 amide bonds. The Bertz CT molecular complexity index is 913. The predicted molar refractivity (Wildman–Crippen MR) is 114 cm³/mol. The monoisotopic (exact) mass is 382 g/mol. The van der Waals surface area contributed by atoms with Gasteiger partial charge in [-0.2, -0.15) is 0 Å². The summed E-state index contributed by atoms with van der Waals surface area (Å²) < 4.78 is 4.53. The second-order valence-electron chi connectivity index (χ2n) is 7.18. The molecule has 4 rings (SSSR count). The second-order valence-corrected chi connectivity index (χ2v) is 7.18. The highest BCUT2D eigenvalue weighted by atomic mass is 14.9. The fourth-order valence-electron chi connectivity index (χ4n) is 3.45. The number of hydrogen-bond donors (Lipinski definition) is 0. The number of pyridine rings is 4. The van der Waals surface area contributed by atoms with Gasteiger partial charge in [0.2, 0.25) is 0 Å². The maximum absolute atomic E-state index is 4.08. The minimum atomic E-state index is 1.06. The van der Waals surface area contributed by atoms with Gasteiger partial charge in [0.15, 0.2) is 24.8 Å². The van der Waals surface area contributed by atoms with Gasteiger partial charge in [0, 0.05) is 61.9 Å². The van der Waals surface area contributed by atoms with Crippen molar-refractivity contribution in [2.45, 2.75) is 32.4 Å². The van der Waals surface area contributed by atoms with E-state index in [2.05, 4.69) is 68.2 Å². The molecule has 0 fully saturated rings. The zero-order valence-corrected chi connectivity index (χ0v) is 16.6. The lowest BCUT2D eigenvalue weighted by atomic mass is 10.1. The minimum absolute atomic E-state index is 1.06. The Morgan fingerprint density at radius 1 is 0.448 bits per heavy atom. The van der Waals surface area contributed by atoms with Crippen LogP contribution in [-0.2, 0) is 13.1 Å². The van der Waals surface area contributed by atoms with Crippen molar-refractivity contribution in [3.63, 3.8) is 0 Å². The SMILES string of the molecule is c1cc(-c2cc[n+](CCCCC[n+]3ccc(-c4ccncc4)cc3)cc2)ccn1. The molecule has 144 valence electrons. The van der Waals surface area contributed by atoms with Crippen molar-refractivity contribution in [2.75, 3.05) is 0 Å². The van der Waals surface area contributed by atoms with E-state index in [9.17, 15) is 0 Å². The summed E-state index contributed by atoms with van der Waals surface area (Å²) in [5.74, 6) is 0. The van der Waals surface area contributed by atoms with Gasteiger partial charge in [0.1, 0.15) is 13.1 Å². The van der Waals surface area contributed by atoms with Crippen LogP contribution in [0.1, 0.15) is 19.3 Å². The van der Waals surface area contributed by atoms with Crippen molar-refractivity contribution in [3.8, 4) is 22.3 Å². The van der Waals surface area contributed by atoms with E-state index >= 15 is 0 Å². The molecule has 29 heavy (non-hydrogen) atoms. The maximum atomic E-state index is 4.08. The number of aromatic nitrogens is 4. The first kappa shape index (κ1) is 18.9. The Hall–Kier alpha value is -3.40. The van der Waals surface area contributed by atoms with E-state index in [0.717, 1.165) is 13.1 Å². The molecular weight excluding hydrogens is 356 g/mol. The van der Waals surface area contributed by atoms with Gasteiger partial charge in [0.05, 0.1) is 0 Å². The standard InChI is InChI=1S/C25H26N4/c1(2-16-28-18-8-24(9-19-28)22-4-12-26-13-5-22)3-17-29-20-10-25(11-21-29)23-6-14-27-15-7-23/h4-15,18-21H,1-3,16-17H2/q+2. The molecule has 0 aliphatic carbocycles. The summed E-state index contributed by atoms with van der Waals surface area (Å²) in [5.41, 5.74) is 4.88. The van der Waals surface area contributed by atoms with Gasteiger partial charge in [-0.15, -0.1) is 0 Å². The van der Waals surface area contributed by atoms with E-state index in [4.69, 9.17) is 0 Å². The zero-order valence-electron chi connectivity index (χ0n) is 16.6. The molecule has 4 nitrogen and oxygen atoms in total. The van der Waals surface area contributed by atoms with Gasteiger partial charge in [0.25, 0.3) is 0 Å². The summed E-state index contributed by atoms with van der Waals surface area (Å²) >= 11 is 0. The molecule has 4 heteroatoms. The first-order valence-corrected chi connectivity index (χ1v) is 10.2. The van der Waals surface area contributed by atoms with E-state index < -0.39 is 0 Å². The van der Waals surface area contributed by atoms with Crippen LogP contribution in [0.5, 0.6) is 0 Å². The third kappa shape index (κ3) is 5.32. The predicted octanol–water partition coefficient (Wildman–Crippen LogP) is 4.26. The topological polar surface area (TPSA) is 33.5 Å². The first-order chi connectivity index (χ1) is 14.4. The third-order valence-corrected chi connectivity index (χ3v) is 5.14. The van der Waals surface area contributed by atoms with Gasteiger partial charge >= 0.3 is 0 Å². The van der Waals surface area contributed by atoms with Crippen LogP contribution in [0, 0.1) is 0 Å². The average molecular weight is 383 g/mol. The smallest absolute Gasteiger partial charge is 0.169 e. The maximum Gasteiger partial charge on any atom is 0.169 e. The molecule has 0 radical (unpaired) electrons. The van der Waals surface area contributed by atoms with Gasteiger partial charge in [-0.25, -0.2) is 9.13 Å². The van der Waals surface area contributed by atoms with E-state index in [1.165, 1.54) is 41.5 Å². The molecule has 4 heterocycles. The second kappa shape index (κ2) is 9.69. The lowest BCUT2D eigenvalue weighted by molar-refractivity contribution is -0.701. The molecule has 0 aliphatic heterocycles. The molecule has 0 unspecified atom stereocenters. The van der Waals surface area contributed by atoms with Crippen molar-refractivity contribution < 1.29 is 9.13 Å². The summed E-state index contributed by atoms with van der Waals surface area (Å²) in [6.07, 6.45) is 19.6. The van der Waals surface area contributed by atoms with Crippen molar-refractivity contribution in [1.29, 1.82) is 0 Å². The normalized spacial score (nSPS) is 10.8. The largest absolute Gasteiger partial charge is 0.265 e. The quantitative estimate of drug-likeness (QED) is 0.337. The summed E-state index contributed by atoms with van der Waals surface area (Å²) in [5, 5.41) is 0. The summed E-state index contributed by atoms with van der Waals surface area (Å²) in [6.45, 7) is 2.12. The molecule has 0 aromatic carbocycles. The fraction of sp³-hybridized carbons (Fsp3) is 0.200. The van der Waals surface area contributed by atoms with Crippen LogP contribution in [0.3, 0.4) is 0 Å².